The average molecular weight is 541 g/mol. The molecule has 0 atom stereocenters. The number of halogens is 1. The molecule has 0 bridgehead atoms. The zero-order chi connectivity index (χ0) is 24.8. The summed E-state index contributed by atoms with van der Waals surface area (Å²) in [5.74, 6) is 0. The van der Waals surface area contributed by atoms with Crippen LogP contribution in [0.25, 0.3) is 0 Å². The zero-order valence-electron chi connectivity index (χ0n) is 20.7. The minimum absolute atomic E-state index is 0.126. The highest BCUT2D eigenvalue weighted by molar-refractivity contribution is 9.10. The first-order chi connectivity index (χ1) is 17.7. The first-order valence-corrected chi connectivity index (χ1v) is 13.7. The van der Waals surface area contributed by atoms with E-state index in [0.717, 1.165) is 43.4 Å². The molecule has 5 rings (SSSR count). The number of piperidine rings is 1. The van der Waals surface area contributed by atoms with Crippen molar-refractivity contribution in [2.24, 2.45) is 0 Å². The summed E-state index contributed by atoms with van der Waals surface area (Å²) >= 11 is 3.63. The highest BCUT2D eigenvalue weighted by Crippen LogP contribution is 2.43. The molecule has 1 saturated heterocycles. The number of aliphatic hydroxyl groups is 1. The van der Waals surface area contributed by atoms with Gasteiger partial charge in [-0.2, -0.15) is 0 Å². The summed E-state index contributed by atoms with van der Waals surface area (Å²) in [6.07, 6.45) is 2.95. The van der Waals surface area contributed by atoms with E-state index in [9.17, 15) is 5.11 Å². The molecule has 4 aromatic carbocycles. The fourth-order valence-corrected chi connectivity index (χ4v) is 6.24. The van der Waals surface area contributed by atoms with Gasteiger partial charge in [0.15, 0.2) is 0 Å². The van der Waals surface area contributed by atoms with Gasteiger partial charge in [0.25, 0.3) is 0 Å². The van der Waals surface area contributed by atoms with Gasteiger partial charge in [-0.3, -0.25) is 0 Å². The quantitative estimate of drug-likeness (QED) is 0.239. The molecule has 2 nitrogen and oxygen atoms in total. The SMILES string of the molecule is OCC1(c2ccccc2)CCN(CCC(c2ccccc2)(c2ccccc2)c2ccc(Br)cc2)CC1. The molecule has 184 valence electrons. The summed E-state index contributed by atoms with van der Waals surface area (Å²) in [4.78, 5) is 2.59. The molecule has 0 aromatic heterocycles. The lowest BCUT2D eigenvalue weighted by molar-refractivity contribution is 0.0983. The van der Waals surface area contributed by atoms with Crippen LogP contribution in [-0.2, 0) is 10.8 Å². The Morgan fingerprint density at radius 2 is 1.14 bits per heavy atom. The van der Waals surface area contributed by atoms with Crippen molar-refractivity contribution in [1.82, 2.24) is 4.90 Å². The standard InChI is InChI=1S/C33H34BrNO/c34-31-18-16-30(17-19-31)33(28-12-6-2-7-13-28,29-14-8-3-9-15-29)22-25-35-23-20-32(26-36,21-24-35)27-10-4-1-5-11-27/h1-19,36H,20-26H2. The van der Waals surface area contributed by atoms with Crippen molar-refractivity contribution in [2.45, 2.75) is 30.1 Å². The lowest BCUT2D eigenvalue weighted by Gasteiger charge is -2.43. The second-order valence-corrected chi connectivity index (χ2v) is 11.0. The largest absolute Gasteiger partial charge is 0.395 e. The van der Waals surface area contributed by atoms with Gasteiger partial charge in [-0.15, -0.1) is 0 Å². The minimum Gasteiger partial charge on any atom is -0.395 e. The molecule has 1 aliphatic heterocycles. The number of likely N-dealkylation sites (tertiary alicyclic amines) is 1. The smallest absolute Gasteiger partial charge is 0.0528 e. The van der Waals surface area contributed by atoms with E-state index in [-0.39, 0.29) is 17.4 Å². The van der Waals surface area contributed by atoms with E-state index >= 15 is 0 Å². The monoisotopic (exact) mass is 539 g/mol. The number of benzene rings is 4. The van der Waals surface area contributed by atoms with Gasteiger partial charge in [-0.25, -0.2) is 0 Å². The molecule has 1 heterocycles. The summed E-state index contributed by atoms with van der Waals surface area (Å²) in [6.45, 7) is 3.20. The Kier molecular flexibility index (Phi) is 7.71. The number of hydrogen-bond donors (Lipinski definition) is 1. The van der Waals surface area contributed by atoms with Crippen LogP contribution in [0.4, 0.5) is 0 Å². The van der Waals surface area contributed by atoms with E-state index in [4.69, 9.17) is 0 Å². The van der Waals surface area contributed by atoms with E-state index in [1.54, 1.807) is 0 Å². The van der Waals surface area contributed by atoms with Crippen LogP contribution in [0.3, 0.4) is 0 Å². The Balaban J connectivity index is 1.45. The number of nitrogens with zero attached hydrogens (tertiary/aromatic N) is 1. The summed E-state index contributed by atoms with van der Waals surface area (Å²) in [5, 5.41) is 10.4. The van der Waals surface area contributed by atoms with Gasteiger partial charge in [0, 0.05) is 15.3 Å². The Bertz CT molecular complexity index is 1180. The van der Waals surface area contributed by atoms with E-state index in [0.29, 0.717) is 0 Å². The molecule has 0 aliphatic carbocycles. The molecule has 1 aliphatic rings. The van der Waals surface area contributed by atoms with E-state index in [1.807, 2.05) is 0 Å². The maximum atomic E-state index is 10.4. The Hall–Kier alpha value is -2.72. The van der Waals surface area contributed by atoms with Crippen molar-refractivity contribution >= 4 is 15.9 Å². The minimum atomic E-state index is -0.242. The van der Waals surface area contributed by atoms with Gasteiger partial charge in [0.1, 0.15) is 0 Å². The van der Waals surface area contributed by atoms with Crippen molar-refractivity contribution < 1.29 is 5.11 Å². The van der Waals surface area contributed by atoms with Crippen LogP contribution in [0.15, 0.2) is 120 Å². The van der Waals surface area contributed by atoms with Crippen LogP contribution in [0.2, 0.25) is 0 Å². The highest BCUT2D eigenvalue weighted by atomic mass is 79.9. The maximum Gasteiger partial charge on any atom is 0.0528 e. The summed E-state index contributed by atoms with van der Waals surface area (Å²) in [5.41, 5.74) is 4.86. The molecule has 0 saturated carbocycles. The van der Waals surface area contributed by atoms with Gasteiger partial charge in [-0.1, -0.05) is 119 Å². The molecular weight excluding hydrogens is 506 g/mol. The van der Waals surface area contributed by atoms with Crippen molar-refractivity contribution in [3.05, 3.63) is 142 Å². The molecule has 4 aromatic rings. The molecule has 1 fully saturated rings. The van der Waals surface area contributed by atoms with E-state index < -0.39 is 0 Å². The normalized spacial score (nSPS) is 16.1. The predicted octanol–water partition coefficient (Wildman–Crippen LogP) is 7.20. The predicted molar refractivity (Wildman–Crippen MR) is 152 cm³/mol. The van der Waals surface area contributed by atoms with Crippen molar-refractivity contribution in [1.29, 1.82) is 0 Å². The average Bonchev–Trinajstić information content (AvgIpc) is 2.96. The number of rotatable bonds is 8. The van der Waals surface area contributed by atoms with Gasteiger partial charge in [0.05, 0.1) is 6.61 Å². The fraction of sp³-hybridized carbons (Fsp3) is 0.273. The summed E-state index contributed by atoms with van der Waals surface area (Å²) in [6, 6.07) is 41.4. The second-order valence-electron chi connectivity index (χ2n) is 10.0. The van der Waals surface area contributed by atoms with Crippen LogP contribution in [-0.4, -0.2) is 36.2 Å². The number of aliphatic hydroxyl groups excluding tert-OH is 1. The fourth-order valence-electron chi connectivity index (χ4n) is 5.97. The first kappa shape index (κ1) is 25.0. The topological polar surface area (TPSA) is 23.5 Å². The van der Waals surface area contributed by atoms with Gasteiger partial charge in [-0.05, 0) is 73.3 Å². The molecule has 0 unspecified atom stereocenters. The third-order valence-electron chi connectivity index (χ3n) is 8.18. The van der Waals surface area contributed by atoms with Crippen LogP contribution in [0, 0.1) is 0 Å². The van der Waals surface area contributed by atoms with Crippen LogP contribution >= 0.6 is 15.9 Å². The molecule has 0 spiro atoms. The zero-order valence-corrected chi connectivity index (χ0v) is 22.3. The Morgan fingerprint density at radius 3 is 1.64 bits per heavy atom. The Labute approximate surface area is 223 Å². The lowest BCUT2D eigenvalue weighted by atomic mass is 9.67. The highest BCUT2D eigenvalue weighted by Gasteiger charge is 2.39. The van der Waals surface area contributed by atoms with Crippen molar-refractivity contribution in [3.63, 3.8) is 0 Å². The summed E-state index contributed by atoms with van der Waals surface area (Å²) in [7, 11) is 0. The van der Waals surface area contributed by atoms with Crippen LogP contribution < -0.4 is 0 Å². The summed E-state index contributed by atoms with van der Waals surface area (Å²) < 4.78 is 1.10. The molecule has 1 N–H and O–H groups in total. The number of hydrogen-bond acceptors (Lipinski definition) is 2. The molecule has 3 heteroatoms. The Morgan fingerprint density at radius 1 is 0.667 bits per heavy atom. The van der Waals surface area contributed by atoms with Gasteiger partial charge >= 0.3 is 0 Å². The van der Waals surface area contributed by atoms with Gasteiger partial charge < -0.3 is 10.0 Å². The van der Waals surface area contributed by atoms with Crippen molar-refractivity contribution in [3.8, 4) is 0 Å². The third-order valence-corrected chi connectivity index (χ3v) is 8.70. The molecule has 36 heavy (non-hydrogen) atoms. The van der Waals surface area contributed by atoms with Crippen LogP contribution in [0.1, 0.15) is 41.5 Å². The molecular formula is C33H34BrNO. The first-order valence-electron chi connectivity index (χ1n) is 12.9. The van der Waals surface area contributed by atoms with E-state index in [1.165, 1.54) is 22.3 Å². The lowest BCUT2D eigenvalue weighted by Crippen LogP contribution is -2.46. The molecule has 0 radical (unpaired) electrons. The van der Waals surface area contributed by atoms with Crippen LogP contribution in [0.5, 0.6) is 0 Å². The third kappa shape index (κ3) is 4.93. The van der Waals surface area contributed by atoms with Crippen molar-refractivity contribution in [2.75, 3.05) is 26.2 Å². The van der Waals surface area contributed by atoms with Gasteiger partial charge in [0.2, 0.25) is 0 Å². The van der Waals surface area contributed by atoms with E-state index in [2.05, 4.69) is 136 Å². The molecule has 0 amide bonds. The maximum absolute atomic E-state index is 10.4. The second kappa shape index (κ2) is 11.1.